The molecule has 8 heteroatoms. The number of phenols is 1. The second-order valence-electron chi connectivity index (χ2n) is 2.05. The van der Waals surface area contributed by atoms with Crippen LogP contribution < -0.4 is 5.73 Å². The summed E-state index contributed by atoms with van der Waals surface area (Å²) >= 11 is 27.9. The zero-order chi connectivity index (χ0) is 12.2. The Morgan fingerprint density at radius 1 is 0.867 bits per heavy atom. The lowest BCUT2D eigenvalue weighted by Crippen LogP contribution is -1.78. The Hall–Kier alpha value is -0.240. The van der Waals surface area contributed by atoms with Crippen molar-refractivity contribution in [3.05, 3.63) is 25.1 Å². The number of hydrogen-bond donors (Lipinski definition) is 2. The molecule has 82 valence electrons. The third kappa shape index (κ3) is 3.37. The highest BCUT2D eigenvalue weighted by Crippen LogP contribution is 2.47. The van der Waals surface area contributed by atoms with E-state index in [1.807, 2.05) is 0 Å². The molecule has 0 radical (unpaired) electrons. The topological polar surface area (TPSA) is 70.0 Å². The molecule has 1 aromatic rings. The van der Waals surface area contributed by atoms with Crippen molar-refractivity contribution in [1.29, 1.82) is 5.26 Å². The molecular weight excluding hydrogens is 305 g/mol. The van der Waals surface area contributed by atoms with Crippen LogP contribution in [0.2, 0.25) is 25.1 Å². The molecule has 0 heterocycles. The summed E-state index contributed by atoms with van der Waals surface area (Å²) < 4.78 is 0. The van der Waals surface area contributed by atoms with Gasteiger partial charge in [0, 0.05) is 0 Å². The summed E-state index contributed by atoms with van der Waals surface area (Å²) in [4.78, 5) is 0. The Kier molecular flexibility index (Phi) is 6.26. The van der Waals surface area contributed by atoms with Gasteiger partial charge in [-0.05, 0) is 0 Å². The van der Waals surface area contributed by atoms with Crippen LogP contribution in [-0.2, 0) is 0 Å². The lowest BCUT2D eigenvalue weighted by Gasteiger charge is -2.06. The molecule has 3 nitrogen and oxygen atoms in total. The first kappa shape index (κ1) is 14.8. The van der Waals surface area contributed by atoms with Crippen molar-refractivity contribution < 1.29 is 5.11 Å². The third-order valence-corrected chi connectivity index (χ3v) is 3.44. The van der Waals surface area contributed by atoms with Gasteiger partial charge in [0.15, 0.2) is 11.9 Å². The normalized spacial score (nSPS) is 8.80. The monoisotopic (exact) mass is 306 g/mol. The average Bonchev–Trinajstić information content (AvgIpc) is 2.22. The van der Waals surface area contributed by atoms with Crippen LogP contribution in [0.5, 0.6) is 5.75 Å². The third-order valence-electron chi connectivity index (χ3n) is 1.19. The van der Waals surface area contributed by atoms with Gasteiger partial charge in [0.1, 0.15) is 10.0 Å². The number of benzene rings is 1. The fraction of sp³-hybridized carbons (Fsp3) is 0. The summed E-state index contributed by atoms with van der Waals surface area (Å²) in [6, 6.07) is 0. The Morgan fingerprint density at radius 3 is 1.33 bits per heavy atom. The van der Waals surface area contributed by atoms with E-state index in [9.17, 15) is 5.11 Å². The predicted octanol–water partition coefficient (Wildman–Crippen LogP) is 4.09. The molecule has 0 fully saturated rings. The van der Waals surface area contributed by atoms with Crippen molar-refractivity contribution in [3.8, 4) is 11.9 Å². The highest BCUT2D eigenvalue weighted by molar-refractivity contribution is 6.55. The summed E-state index contributed by atoms with van der Waals surface area (Å²) in [5.74, 6) is -0.363. The van der Waals surface area contributed by atoms with Gasteiger partial charge in [0.25, 0.3) is 0 Å². The highest BCUT2D eigenvalue weighted by atomic mass is 35.5. The first-order chi connectivity index (χ1) is 6.88. The van der Waals surface area contributed by atoms with E-state index < -0.39 is 0 Å². The van der Waals surface area contributed by atoms with Gasteiger partial charge < -0.3 is 10.8 Å². The smallest absolute Gasteiger partial charge is 0.173 e. The Morgan fingerprint density at radius 2 is 1.07 bits per heavy atom. The molecule has 0 aliphatic carbocycles. The number of aromatic hydroxyl groups is 1. The fourth-order valence-corrected chi connectivity index (χ4v) is 1.72. The van der Waals surface area contributed by atoms with Crippen LogP contribution in [0, 0.1) is 11.5 Å². The van der Waals surface area contributed by atoms with Gasteiger partial charge in [-0.15, -0.1) is 0 Å². The van der Waals surface area contributed by atoms with Crippen molar-refractivity contribution in [2.45, 2.75) is 0 Å². The molecule has 0 unspecified atom stereocenters. The first-order valence-electron chi connectivity index (χ1n) is 3.18. The number of halogens is 5. The minimum absolute atomic E-state index is 0.00904. The van der Waals surface area contributed by atoms with Gasteiger partial charge in [-0.25, -0.2) is 0 Å². The van der Waals surface area contributed by atoms with Gasteiger partial charge in [0.05, 0.1) is 15.1 Å². The van der Waals surface area contributed by atoms with E-state index >= 15 is 0 Å². The molecular formula is C7H3Cl5N2O. The summed E-state index contributed by atoms with van der Waals surface area (Å²) in [6.07, 6.45) is 1.25. The van der Waals surface area contributed by atoms with Crippen molar-refractivity contribution in [3.63, 3.8) is 0 Å². The minimum atomic E-state index is -0.363. The number of nitrogens with zero attached hydrogens (tertiary/aromatic N) is 1. The lowest BCUT2D eigenvalue weighted by molar-refractivity contribution is 0.476. The van der Waals surface area contributed by atoms with Crippen LogP contribution in [0.3, 0.4) is 0 Å². The second kappa shape index (κ2) is 6.37. The SMILES string of the molecule is N#CN.Oc1c(Cl)c(Cl)c(Cl)c(Cl)c1Cl. The van der Waals surface area contributed by atoms with E-state index in [-0.39, 0.29) is 30.9 Å². The molecule has 0 bridgehead atoms. The van der Waals surface area contributed by atoms with Crippen LogP contribution in [0.15, 0.2) is 0 Å². The molecule has 1 rings (SSSR count). The number of hydrogen-bond acceptors (Lipinski definition) is 3. The number of nitriles is 1. The van der Waals surface area contributed by atoms with E-state index in [1.54, 1.807) is 0 Å². The van der Waals surface area contributed by atoms with Crippen LogP contribution >= 0.6 is 58.0 Å². The van der Waals surface area contributed by atoms with Gasteiger partial charge in [-0.1, -0.05) is 58.0 Å². The van der Waals surface area contributed by atoms with E-state index in [1.165, 1.54) is 6.19 Å². The van der Waals surface area contributed by atoms with Crippen molar-refractivity contribution >= 4 is 58.0 Å². The van der Waals surface area contributed by atoms with E-state index in [0.29, 0.717) is 0 Å². The molecule has 1 aromatic carbocycles. The molecule has 0 aromatic heterocycles. The fourth-order valence-electron chi connectivity index (χ4n) is 0.593. The number of phenolic OH excluding ortho intramolecular Hbond substituents is 1. The Labute approximate surface area is 111 Å². The molecule has 15 heavy (non-hydrogen) atoms. The van der Waals surface area contributed by atoms with Crippen LogP contribution in [0.25, 0.3) is 0 Å². The van der Waals surface area contributed by atoms with Crippen molar-refractivity contribution in [2.75, 3.05) is 0 Å². The van der Waals surface area contributed by atoms with Gasteiger partial charge in [-0.2, -0.15) is 5.26 Å². The van der Waals surface area contributed by atoms with Crippen LogP contribution in [0.1, 0.15) is 0 Å². The molecule has 0 amide bonds. The van der Waals surface area contributed by atoms with Gasteiger partial charge in [-0.3, -0.25) is 0 Å². The van der Waals surface area contributed by atoms with E-state index in [4.69, 9.17) is 63.3 Å². The maximum absolute atomic E-state index is 9.20. The lowest BCUT2D eigenvalue weighted by atomic mass is 10.3. The van der Waals surface area contributed by atoms with Crippen molar-refractivity contribution in [2.24, 2.45) is 5.73 Å². The number of rotatable bonds is 0. The summed E-state index contributed by atoms with van der Waals surface area (Å²) in [5.41, 5.74) is 4.15. The van der Waals surface area contributed by atoms with Gasteiger partial charge >= 0.3 is 0 Å². The van der Waals surface area contributed by atoms with Crippen LogP contribution in [-0.4, -0.2) is 5.11 Å². The quantitative estimate of drug-likeness (QED) is 0.328. The largest absolute Gasteiger partial charge is 0.505 e. The zero-order valence-corrected chi connectivity index (χ0v) is 10.6. The molecule has 3 N–H and O–H groups in total. The molecule has 0 saturated heterocycles. The van der Waals surface area contributed by atoms with Crippen molar-refractivity contribution in [1.82, 2.24) is 0 Å². The Balaban J connectivity index is 0.000000583. The summed E-state index contributed by atoms with van der Waals surface area (Å²) in [5, 5.41) is 16.1. The Bertz CT molecular complexity index is 310. The minimum Gasteiger partial charge on any atom is -0.505 e. The predicted molar refractivity (Wildman–Crippen MR) is 63.0 cm³/mol. The second-order valence-corrected chi connectivity index (χ2v) is 3.94. The zero-order valence-electron chi connectivity index (χ0n) is 6.86. The average molecular weight is 308 g/mol. The van der Waals surface area contributed by atoms with Crippen LogP contribution in [0.4, 0.5) is 0 Å². The first-order valence-corrected chi connectivity index (χ1v) is 5.07. The summed E-state index contributed by atoms with van der Waals surface area (Å²) in [6.45, 7) is 0. The number of nitrogens with two attached hydrogens (primary N) is 1. The van der Waals surface area contributed by atoms with E-state index in [0.717, 1.165) is 0 Å². The summed E-state index contributed by atoms with van der Waals surface area (Å²) in [7, 11) is 0. The molecule has 0 spiro atoms. The van der Waals surface area contributed by atoms with Gasteiger partial charge in [0.2, 0.25) is 0 Å². The molecule has 0 saturated carbocycles. The van der Waals surface area contributed by atoms with E-state index in [2.05, 4.69) is 5.73 Å². The highest BCUT2D eigenvalue weighted by Gasteiger charge is 2.17. The maximum atomic E-state index is 9.20. The maximum Gasteiger partial charge on any atom is 0.173 e. The molecule has 0 aliphatic heterocycles. The molecule has 0 aliphatic rings. The standard InChI is InChI=1S/C6HCl5O.CH2N2/c7-1-2(8)4(10)6(12)5(11)3(1)9;2-1-3/h12H;2H2. The molecule has 0 atom stereocenters.